The zero-order valence-corrected chi connectivity index (χ0v) is 19.4. The molecule has 0 saturated carbocycles. The lowest BCUT2D eigenvalue weighted by atomic mass is 10.2. The molecule has 0 atom stereocenters. The van der Waals surface area contributed by atoms with E-state index >= 15 is 0 Å². The highest BCUT2D eigenvalue weighted by atomic mass is 127. The molecule has 0 amide bonds. The number of hydrogen-bond donors (Lipinski definition) is 1. The van der Waals surface area contributed by atoms with Gasteiger partial charge in [-0.3, -0.25) is 4.68 Å². The minimum absolute atomic E-state index is 0. The van der Waals surface area contributed by atoms with Crippen molar-refractivity contribution in [1.82, 2.24) is 20.0 Å². The third-order valence-corrected chi connectivity index (χ3v) is 5.15. The number of halogens is 2. The molecule has 0 radical (unpaired) electrons. The number of aryl methyl sites for hydroxylation is 2. The highest BCUT2D eigenvalue weighted by Crippen LogP contribution is 2.17. The highest BCUT2D eigenvalue weighted by Gasteiger charge is 2.20. The topological polar surface area (TPSA) is 48.7 Å². The second-order valence-corrected chi connectivity index (χ2v) is 6.89. The summed E-state index contributed by atoms with van der Waals surface area (Å²) < 4.78 is 15.0. The Morgan fingerprint density at radius 3 is 2.32 bits per heavy atom. The number of nitrogens with zero attached hydrogens (tertiary/aromatic N) is 5. The van der Waals surface area contributed by atoms with Gasteiger partial charge in [-0.1, -0.05) is 0 Å². The molecule has 0 bridgehead atoms. The molecule has 0 spiro atoms. The molecule has 0 unspecified atom stereocenters. The molecule has 1 fully saturated rings. The Balaban J connectivity index is 0.00000280. The van der Waals surface area contributed by atoms with Crippen LogP contribution in [0, 0.1) is 19.7 Å². The Labute approximate surface area is 183 Å². The van der Waals surface area contributed by atoms with Gasteiger partial charge in [-0.2, -0.15) is 5.10 Å². The molecule has 1 aliphatic heterocycles. The molecule has 2 heterocycles. The molecule has 1 N–H and O–H groups in total. The molecule has 1 aromatic carbocycles. The SMILES string of the molecule is CCNC(=NCc1c(C)nn(C)c1C)N1CCN(c2ccc(F)cc2)CC1.I. The molecule has 154 valence electrons. The van der Waals surface area contributed by atoms with E-state index in [-0.39, 0.29) is 29.8 Å². The molecule has 28 heavy (non-hydrogen) atoms. The first-order valence-electron chi connectivity index (χ1n) is 9.52. The van der Waals surface area contributed by atoms with E-state index in [2.05, 4.69) is 34.1 Å². The van der Waals surface area contributed by atoms with Gasteiger partial charge >= 0.3 is 0 Å². The largest absolute Gasteiger partial charge is 0.368 e. The average Bonchev–Trinajstić information content (AvgIpc) is 2.91. The molecular formula is C20H30FIN6. The first kappa shape index (κ1) is 22.4. The molecule has 2 aromatic rings. The molecule has 1 saturated heterocycles. The lowest BCUT2D eigenvalue weighted by molar-refractivity contribution is 0.372. The summed E-state index contributed by atoms with van der Waals surface area (Å²) in [5.74, 6) is 0.749. The number of anilines is 1. The van der Waals surface area contributed by atoms with Crippen LogP contribution in [-0.2, 0) is 13.6 Å². The standard InChI is InChI=1S/C20H29FN6.HI/c1-5-22-20(23-14-19-15(2)24-25(4)16(19)3)27-12-10-26(11-13-27)18-8-6-17(21)7-9-18;/h6-9H,5,10-14H2,1-4H3,(H,22,23);1H. The summed E-state index contributed by atoms with van der Waals surface area (Å²) in [4.78, 5) is 9.44. The van der Waals surface area contributed by atoms with Crippen LogP contribution in [0.25, 0.3) is 0 Å². The van der Waals surface area contributed by atoms with Gasteiger partial charge in [-0.05, 0) is 45.0 Å². The second kappa shape index (κ2) is 10.1. The van der Waals surface area contributed by atoms with Gasteiger partial charge in [0.1, 0.15) is 5.82 Å². The summed E-state index contributed by atoms with van der Waals surface area (Å²) in [5, 5.41) is 7.89. The Kier molecular flexibility index (Phi) is 8.09. The van der Waals surface area contributed by atoms with Gasteiger partial charge < -0.3 is 15.1 Å². The summed E-state index contributed by atoms with van der Waals surface area (Å²) in [7, 11) is 1.97. The van der Waals surface area contributed by atoms with Crippen molar-refractivity contribution in [3.63, 3.8) is 0 Å². The van der Waals surface area contributed by atoms with Crippen LogP contribution in [0.2, 0.25) is 0 Å². The smallest absolute Gasteiger partial charge is 0.194 e. The van der Waals surface area contributed by atoms with Crippen molar-refractivity contribution in [2.24, 2.45) is 12.0 Å². The Morgan fingerprint density at radius 2 is 1.79 bits per heavy atom. The maximum absolute atomic E-state index is 13.1. The Bertz CT molecular complexity index is 794. The van der Waals surface area contributed by atoms with Crippen LogP contribution in [0.15, 0.2) is 29.3 Å². The molecule has 1 aliphatic rings. The minimum Gasteiger partial charge on any atom is -0.368 e. The summed E-state index contributed by atoms with van der Waals surface area (Å²) in [6.07, 6.45) is 0. The number of piperazine rings is 1. The normalized spacial score (nSPS) is 14.8. The highest BCUT2D eigenvalue weighted by molar-refractivity contribution is 14.0. The van der Waals surface area contributed by atoms with Gasteiger partial charge in [-0.25, -0.2) is 9.38 Å². The maximum Gasteiger partial charge on any atom is 0.194 e. The zero-order chi connectivity index (χ0) is 19.4. The lowest BCUT2D eigenvalue weighted by Gasteiger charge is -2.37. The monoisotopic (exact) mass is 500 g/mol. The van der Waals surface area contributed by atoms with Crippen molar-refractivity contribution < 1.29 is 4.39 Å². The van der Waals surface area contributed by atoms with Crippen molar-refractivity contribution >= 4 is 35.6 Å². The average molecular weight is 500 g/mol. The molecular weight excluding hydrogens is 470 g/mol. The lowest BCUT2D eigenvalue weighted by Crippen LogP contribution is -2.52. The Hall–Kier alpha value is -1.84. The van der Waals surface area contributed by atoms with Gasteiger partial charge in [0.25, 0.3) is 0 Å². The van der Waals surface area contributed by atoms with E-state index in [4.69, 9.17) is 4.99 Å². The van der Waals surface area contributed by atoms with Crippen molar-refractivity contribution in [3.05, 3.63) is 47.0 Å². The predicted molar refractivity (Wildman–Crippen MR) is 123 cm³/mol. The van der Waals surface area contributed by atoms with Crippen LogP contribution < -0.4 is 10.2 Å². The summed E-state index contributed by atoms with van der Waals surface area (Å²) in [6.45, 7) is 11.2. The van der Waals surface area contributed by atoms with Gasteiger partial charge in [0.05, 0.1) is 12.2 Å². The van der Waals surface area contributed by atoms with E-state index in [9.17, 15) is 4.39 Å². The third-order valence-electron chi connectivity index (χ3n) is 5.15. The van der Waals surface area contributed by atoms with Crippen molar-refractivity contribution in [1.29, 1.82) is 0 Å². The number of aliphatic imine (C=N–C) groups is 1. The number of aromatic nitrogens is 2. The summed E-state index contributed by atoms with van der Waals surface area (Å²) in [6, 6.07) is 6.73. The van der Waals surface area contributed by atoms with Crippen molar-refractivity contribution in [2.45, 2.75) is 27.3 Å². The number of rotatable bonds is 4. The van der Waals surface area contributed by atoms with Gasteiger partial charge in [0.15, 0.2) is 5.96 Å². The van der Waals surface area contributed by atoms with Gasteiger partial charge in [-0.15, -0.1) is 24.0 Å². The van der Waals surface area contributed by atoms with Crippen LogP contribution >= 0.6 is 24.0 Å². The predicted octanol–water partition coefficient (Wildman–Crippen LogP) is 3.08. The van der Waals surface area contributed by atoms with E-state index in [1.165, 1.54) is 17.7 Å². The molecule has 8 heteroatoms. The van der Waals surface area contributed by atoms with Crippen LogP contribution in [0.5, 0.6) is 0 Å². The fourth-order valence-electron chi connectivity index (χ4n) is 3.45. The number of benzene rings is 1. The maximum atomic E-state index is 13.1. The zero-order valence-electron chi connectivity index (χ0n) is 17.1. The van der Waals surface area contributed by atoms with E-state index < -0.39 is 0 Å². The molecule has 1 aromatic heterocycles. The van der Waals surface area contributed by atoms with Crippen molar-refractivity contribution in [3.8, 4) is 0 Å². The third kappa shape index (κ3) is 5.15. The van der Waals surface area contributed by atoms with Gasteiger partial charge in [0.2, 0.25) is 0 Å². The van der Waals surface area contributed by atoms with E-state index in [0.29, 0.717) is 6.54 Å². The van der Waals surface area contributed by atoms with Gasteiger partial charge in [0, 0.05) is 56.7 Å². The first-order valence-corrected chi connectivity index (χ1v) is 9.52. The van der Waals surface area contributed by atoms with Crippen LogP contribution in [0.1, 0.15) is 23.9 Å². The summed E-state index contributed by atoms with van der Waals surface area (Å²) in [5.41, 5.74) is 4.46. The van der Waals surface area contributed by atoms with Crippen LogP contribution in [0.4, 0.5) is 10.1 Å². The van der Waals surface area contributed by atoms with Crippen LogP contribution in [0.3, 0.4) is 0 Å². The Morgan fingerprint density at radius 1 is 1.14 bits per heavy atom. The van der Waals surface area contributed by atoms with Crippen LogP contribution in [-0.4, -0.2) is 53.4 Å². The number of hydrogen-bond acceptors (Lipinski definition) is 3. The summed E-state index contributed by atoms with van der Waals surface area (Å²) >= 11 is 0. The van der Waals surface area contributed by atoms with E-state index in [1.54, 1.807) is 0 Å². The number of nitrogens with one attached hydrogen (secondary N) is 1. The molecule has 6 nitrogen and oxygen atoms in total. The fraction of sp³-hybridized carbons (Fsp3) is 0.500. The van der Waals surface area contributed by atoms with E-state index in [0.717, 1.165) is 55.8 Å². The number of guanidine groups is 1. The first-order chi connectivity index (χ1) is 13.0. The quantitative estimate of drug-likeness (QED) is 0.399. The van der Waals surface area contributed by atoms with E-state index in [1.807, 2.05) is 30.8 Å². The molecule has 0 aliphatic carbocycles. The fourth-order valence-corrected chi connectivity index (χ4v) is 3.45. The second-order valence-electron chi connectivity index (χ2n) is 6.89. The molecule has 3 rings (SSSR count). The van der Waals surface area contributed by atoms with Crippen molar-refractivity contribution in [2.75, 3.05) is 37.6 Å². The minimum atomic E-state index is -0.194.